The number of amides is 1. The molecule has 7 heteroatoms. The summed E-state index contributed by atoms with van der Waals surface area (Å²) in [7, 11) is 0. The van der Waals surface area contributed by atoms with E-state index in [4.69, 9.17) is 0 Å². The van der Waals surface area contributed by atoms with Gasteiger partial charge in [0.15, 0.2) is 0 Å². The quantitative estimate of drug-likeness (QED) is 0.614. The van der Waals surface area contributed by atoms with E-state index in [1.54, 1.807) is 12.3 Å². The van der Waals surface area contributed by atoms with Crippen molar-refractivity contribution < 1.29 is 22.4 Å². The molecule has 0 saturated heterocycles. The largest absolute Gasteiger partial charge is 0.416 e. The van der Waals surface area contributed by atoms with Crippen LogP contribution in [0.3, 0.4) is 0 Å². The number of halogens is 4. The number of hydrogen-bond donors (Lipinski definition) is 2. The first-order chi connectivity index (χ1) is 12.6. The van der Waals surface area contributed by atoms with Gasteiger partial charge in [0.2, 0.25) is 0 Å². The summed E-state index contributed by atoms with van der Waals surface area (Å²) in [4.78, 5) is 15.3. The van der Waals surface area contributed by atoms with Crippen molar-refractivity contribution in [3.63, 3.8) is 0 Å². The summed E-state index contributed by atoms with van der Waals surface area (Å²) < 4.78 is 51.2. The molecule has 3 rings (SSSR count). The van der Waals surface area contributed by atoms with Crippen molar-refractivity contribution in [1.29, 1.82) is 0 Å². The predicted octanol–water partition coefficient (Wildman–Crippen LogP) is 5.03. The van der Waals surface area contributed by atoms with Gasteiger partial charge in [0.1, 0.15) is 5.82 Å². The number of carbonyl (C=O) groups excluding carboxylic acids is 1. The predicted molar refractivity (Wildman–Crippen MR) is 95.1 cm³/mol. The van der Waals surface area contributed by atoms with Crippen LogP contribution >= 0.6 is 0 Å². The molecule has 3 nitrogen and oxygen atoms in total. The maximum Gasteiger partial charge on any atom is 0.416 e. The average molecular weight is 378 g/mol. The molecule has 0 saturated carbocycles. The Labute approximate surface area is 153 Å². The Hall–Kier alpha value is -2.83. The van der Waals surface area contributed by atoms with E-state index in [0.717, 1.165) is 35.2 Å². The molecule has 1 aromatic heterocycles. The smallest absolute Gasteiger partial charge is 0.361 e. The van der Waals surface area contributed by atoms with Crippen molar-refractivity contribution in [3.05, 3.63) is 71.2 Å². The lowest BCUT2D eigenvalue weighted by Crippen LogP contribution is -2.36. The van der Waals surface area contributed by atoms with Crippen LogP contribution in [0.4, 0.5) is 17.6 Å². The maximum atomic E-state index is 13.3. The molecule has 0 spiro atoms. The zero-order valence-electron chi connectivity index (χ0n) is 14.7. The summed E-state index contributed by atoms with van der Waals surface area (Å²) in [6.07, 6.45) is -2.67. The van der Waals surface area contributed by atoms with Gasteiger partial charge in [-0.1, -0.05) is 13.8 Å². The van der Waals surface area contributed by atoms with Crippen molar-refractivity contribution in [2.24, 2.45) is 0 Å². The highest BCUT2D eigenvalue weighted by atomic mass is 19.4. The van der Waals surface area contributed by atoms with Crippen LogP contribution in [0.15, 0.2) is 48.7 Å². The second-order valence-electron chi connectivity index (χ2n) is 7.03. The van der Waals surface area contributed by atoms with Gasteiger partial charge in [0.25, 0.3) is 5.91 Å². The Morgan fingerprint density at radius 1 is 1.07 bits per heavy atom. The number of fused-ring (bicyclic) bond motifs is 1. The summed E-state index contributed by atoms with van der Waals surface area (Å²) in [5.41, 5.74) is 0.444. The molecule has 2 aromatic carbocycles. The highest BCUT2D eigenvalue weighted by Crippen LogP contribution is 2.31. The third-order valence-electron chi connectivity index (χ3n) is 4.54. The molecule has 0 unspecified atom stereocenters. The number of alkyl halides is 3. The zero-order chi connectivity index (χ0) is 19.8. The Morgan fingerprint density at radius 2 is 1.74 bits per heavy atom. The number of aromatic nitrogens is 1. The SMILES string of the molecule is CC(C)(CNC(=O)c1ccc(C(F)(F)F)cc1)c1c[nH]c2cc(F)ccc12. The van der Waals surface area contributed by atoms with E-state index in [1.807, 2.05) is 13.8 Å². The van der Waals surface area contributed by atoms with Crippen molar-refractivity contribution in [3.8, 4) is 0 Å². The van der Waals surface area contributed by atoms with Crippen LogP contribution in [-0.4, -0.2) is 17.4 Å². The number of rotatable bonds is 4. The second-order valence-corrected chi connectivity index (χ2v) is 7.03. The highest BCUT2D eigenvalue weighted by molar-refractivity contribution is 5.94. The molecule has 27 heavy (non-hydrogen) atoms. The van der Waals surface area contributed by atoms with Gasteiger partial charge >= 0.3 is 6.18 Å². The van der Waals surface area contributed by atoms with E-state index in [9.17, 15) is 22.4 Å². The van der Waals surface area contributed by atoms with Crippen molar-refractivity contribution in [2.75, 3.05) is 6.54 Å². The second kappa shape index (κ2) is 6.72. The van der Waals surface area contributed by atoms with Crippen LogP contribution in [0.5, 0.6) is 0 Å². The summed E-state index contributed by atoms with van der Waals surface area (Å²) in [5.74, 6) is -0.799. The molecular weight excluding hydrogens is 360 g/mol. The first-order valence-corrected chi connectivity index (χ1v) is 8.30. The number of hydrogen-bond acceptors (Lipinski definition) is 1. The Kier molecular flexibility index (Phi) is 4.71. The van der Waals surface area contributed by atoms with E-state index >= 15 is 0 Å². The molecule has 0 bridgehead atoms. The molecule has 0 atom stereocenters. The van der Waals surface area contributed by atoms with Crippen molar-refractivity contribution >= 4 is 16.8 Å². The molecular formula is C20H18F4N2O. The first-order valence-electron chi connectivity index (χ1n) is 8.30. The normalized spacial score (nSPS) is 12.4. The van der Waals surface area contributed by atoms with E-state index in [-0.39, 0.29) is 17.9 Å². The van der Waals surface area contributed by atoms with E-state index in [0.29, 0.717) is 5.52 Å². The summed E-state index contributed by atoms with van der Waals surface area (Å²) in [6, 6.07) is 8.52. The molecule has 3 aromatic rings. The fourth-order valence-electron chi connectivity index (χ4n) is 2.97. The lowest BCUT2D eigenvalue weighted by molar-refractivity contribution is -0.137. The zero-order valence-corrected chi connectivity index (χ0v) is 14.7. The number of nitrogens with one attached hydrogen (secondary N) is 2. The van der Waals surface area contributed by atoms with Gasteiger partial charge in [0, 0.05) is 34.6 Å². The molecule has 1 heterocycles. The fraction of sp³-hybridized carbons (Fsp3) is 0.250. The average Bonchev–Trinajstić information content (AvgIpc) is 3.03. The Bertz CT molecular complexity index is 972. The number of H-pyrrole nitrogens is 1. The third kappa shape index (κ3) is 3.97. The van der Waals surface area contributed by atoms with Crippen LogP contribution in [0, 0.1) is 5.82 Å². The van der Waals surface area contributed by atoms with Gasteiger partial charge in [-0.3, -0.25) is 4.79 Å². The van der Waals surface area contributed by atoms with E-state index in [2.05, 4.69) is 10.3 Å². The number of carbonyl (C=O) groups is 1. The van der Waals surface area contributed by atoms with Crippen LogP contribution in [-0.2, 0) is 11.6 Å². The molecule has 1 amide bonds. The monoisotopic (exact) mass is 378 g/mol. The molecule has 142 valence electrons. The molecule has 2 N–H and O–H groups in total. The summed E-state index contributed by atoms with van der Waals surface area (Å²) in [5, 5.41) is 3.61. The first kappa shape index (κ1) is 18.9. The Balaban J connectivity index is 1.73. The van der Waals surface area contributed by atoms with E-state index < -0.39 is 23.1 Å². The number of aromatic amines is 1. The number of benzene rings is 2. The molecule has 0 aliphatic heterocycles. The minimum absolute atomic E-state index is 0.153. The molecule has 0 aliphatic carbocycles. The van der Waals surface area contributed by atoms with Crippen LogP contribution in [0.25, 0.3) is 10.9 Å². The minimum atomic E-state index is -4.44. The van der Waals surface area contributed by atoms with Crippen LogP contribution in [0.2, 0.25) is 0 Å². The summed E-state index contributed by atoms with van der Waals surface area (Å²) >= 11 is 0. The molecule has 0 fully saturated rings. The van der Waals surface area contributed by atoms with Gasteiger partial charge in [-0.15, -0.1) is 0 Å². The van der Waals surface area contributed by atoms with Gasteiger partial charge < -0.3 is 10.3 Å². The highest BCUT2D eigenvalue weighted by Gasteiger charge is 2.30. The standard InChI is InChI=1S/C20H18F4N2O/c1-19(2,16-10-25-17-9-14(21)7-8-15(16)17)11-26-18(27)12-3-5-13(6-4-12)20(22,23)24/h3-10,25H,11H2,1-2H3,(H,26,27). The van der Waals surface area contributed by atoms with Crippen molar-refractivity contribution in [2.45, 2.75) is 25.4 Å². The van der Waals surface area contributed by atoms with Crippen molar-refractivity contribution in [1.82, 2.24) is 10.3 Å². The van der Waals surface area contributed by atoms with Gasteiger partial charge in [-0.05, 0) is 48.0 Å². The van der Waals surface area contributed by atoms with Crippen LogP contribution in [0.1, 0.15) is 35.3 Å². The van der Waals surface area contributed by atoms with Crippen LogP contribution < -0.4 is 5.32 Å². The topological polar surface area (TPSA) is 44.9 Å². The maximum absolute atomic E-state index is 13.3. The summed E-state index contributed by atoms with van der Waals surface area (Å²) in [6.45, 7) is 4.11. The lowest BCUT2D eigenvalue weighted by Gasteiger charge is -2.25. The third-order valence-corrected chi connectivity index (χ3v) is 4.54. The minimum Gasteiger partial charge on any atom is -0.361 e. The van der Waals surface area contributed by atoms with Gasteiger partial charge in [0.05, 0.1) is 5.56 Å². The Morgan fingerprint density at radius 3 is 2.37 bits per heavy atom. The van der Waals surface area contributed by atoms with E-state index in [1.165, 1.54) is 12.1 Å². The lowest BCUT2D eigenvalue weighted by atomic mass is 9.84. The van der Waals surface area contributed by atoms with Gasteiger partial charge in [-0.25, -0.2) is 4.39 Å². The fourth-order valence-corrected chi connectivity index (χ4v) is 2.97. The molecule has 0 aliphatic rings. The van der Waals surface area contributed by atoms with Gasteiger partial charge in [-0.2, -0.15) is 13.2 Å². The molecule has 0 radical (unpaired) electrons.